The summed E-state index contributed by atoms with van der Waals surface area (Å²) in [6, 6.07) is 1.68. The summed E-state index contributed by atoms with van der Waals surface area (Å²) in [7, 11) is 1.16. The standard InChI is InChI=1S/C17H23F3N4O3/c1-3-24-14(12(7-23-24)15(19)20)9-4-10(6-11(18)5-9)16(25)22-8-13(21)17(26)27-2/h4-6,12-15,23H,3,7-8,21H2,1-2H3,(H,22,25)/t12?,13-,14?/m1/s1. The molecule has 0 spiro atoms. The van der Waals surface area contributed by atoms with E-state index in [9.17, 15) is 22.8 Å². The molecule has 1 fully saturated rings. The summed E-state index contributed by atoms with van der Waals surface area (Å²) in [5.41, 5.74) is 8.64. The van der Waals surface area contributed by atoms with E-state index in [1.807, 2.05) is 0 Å². The van der Waals surface area contributed by atoms with Gasteiger partial charge in [0.15, 0.2) is 0 Å². The third-order valence-corrected chi connectivity index (χ3v) is 4.45. The highest BCUT2D eigenvalue weighted by Crippen LogP contribution is 2.36. The van der Waals surface area contributed by atoms with E-state index in [1.165, 1.54) is 6.07 Å². The van der Waals surface area contributed by atoms with Crippen molar-refractivity contribution in [3.05, 3.63) is 35.1 Å². The fraction of sp³-hybridized carbons (Fsp3) is 0.529. The summed E-state index contributed by atoms with van der Waals surface area (Å²) in [5.74, 6) is -3.12. The molecule has 1 amide bonds. The summed E-state index contributed by atoms with van der Waals surface area (Å²) in [5, 5.41) is 4.01. The molecular weight excluding hydrogens is 365 g/mol. The maximum Gasteiger partial charge on any atom is 0.324 e. The Morgan fingerprint density at radius 3 is 2.70 bits per heavy atom. The van der Waals surface area contributed by atoms with E-state index in [2.05, 4.69) is 15.5 Å². The highest BCUT2D eigenvalue weighted by atomic mass is 19.3. The number of methoxy groups -OCH3 is 1. The summed E-state index contributed by atoms with van der Waals surface area (Å²) < 4.78 is 45.3. The molecule has 1 aromatic carbocycles. The third-order valence-electron chi connectivity index (χ3n) is 4.45. The quantitative estimate of drug-likeness (QED) is 0.599. The molecule has 2 rings (SSSR count). The lowest BCUT2D eigenvalue weighted by Crippen LogP contribution is -2.43. The Labute approximate surface area is 155 Å². The molecule has 7 nitrogen and oxygen atoms in total. The molecule has 2 unspecified atom stereocenters. The highest BCUT2D eigenvalue weighted by molar-refractivity contribution is 5.94. The molecule has 1 saturated heterocycles. The second kappa shape index (κ2) is 9.16. The van der Waals surface area contributed by atoms with Gasteiger partial charge < -0.3 is 15.8 Å². The normalized spacial score (nSPS) is 21.3. The molecule has 0 aromatic heterocycles. The topological polar surface area (TPSA) is 96.7 Å². The minimum atomic E-state index is -2.60. The Kier molecular flexibility index (Phi) is 7.17. The number of hydrazine groups is 1. The number of rotatable bonds is 7. The first-order chi connectivity index (χ1) is 12.8. The predicted octanol–water partition coefficient (Wildman–Crippen LogP) is 0.818. The number of benzene rings is 1. The fourth-order valence-corrected chi connectivity index (χ4v) is 3.08. The predicted molar refractivity (Wildman–Crippen MR) is 91.3 cm³/mol. The van der Waals surface area contributed by atoms with Crippen LogP contribution in [0.3, 0.4) is 0 Å². The van der Waals surface area contributed by atoms with Crippen molar-refractivity contribution in [2.45, 2.75) is 25.4 Å². The molecule has 0 bridgehead atoms. The van der Waals surface area contributed by atoms with Gasteiger partial charge in [-0.3, -0.25) is 15.0 Å². The number of amides is 1. The lowest BCUT2D eigenvalue weighted by molar-refractivity contribution is -0.141. The zero-order chi connectivity index (χ0) is 20.1. The van der Waals surface area contributed by atoms with Gasteiger partial charge in [0, 0.05) is 25.2 Å². The van der Waals surface area contributed by atoms with Crippen molar-refractivity contribution in [2.75, 3.05) is 26.7 Å². The van der Waals surface area contributed by atoms with Crippen LogP contribution in [0.15, 0.2) is 18.2 Å². The monoisotopic (exact) mass is 388 g/mol. The average Bonchev–Trinajstić information content (AvgIpc) is 3.09. The van der Waals surface area contributed by atoms with Crippen LogP contribution in [-0.4, -0.2) is 56.1 Å². The third kappa shape index (κ3) is 4.96. The van der Waals surface area contributed by atoms with E-state index in [-0.39, 0.29) is 24.2 Å². The Balaban J connectivity index is 2.22. The van der Waals surface area contributed by atoms with Crippen molar-refractivity contribution in [3.8, 4) is 0 Å². The van der Waals surface area contributed by atoms with Gasteiger partial charge in [-0.1, -0.05) is 6.92 Å². The number of nitrogens with two attached hydrogens (primary N) is 1. The molecule has 150 valence electrons. The van der Waals surface area contributed by atoms with E-state index in [0.29, 0.717) is 6.54 Å². The van der Waals surface area contributed by atoms with Crippen LogP contribution in [-0.2, 0) is 9.53 Å². The number of halogens is 3. The number of nitrogens with zero attached hydrogens (tertiary/aromatic N) is 1. The van der Waals surface area contributed by atoms with Gasteiger partial charge in [-0.05, 0) is 23.8 Å². The highest BCUT2D eigenvalue weighted by Gasteiger charge is 2.40. The molecule has 0 saturated carbocycles. The zero-order valence-electron chi connectivity index (χ0n) is 15.0. The summed E-state index contributed by atoms with van der Waals surface area (Å²) >= 11 is 0. The van der Waals surface area contributed by atoms with Gasteiger partial charge >= 0.3 is 5.97 Å². The van der Waals surface area contributed by atoms with Crippen LogP contribution >= 0.6 is 0 Å². The molecule has 1 aromatic rings. The molecule has 0 radical (unpaired) electrons. The minimum Gasteiger partial charge on any atom is -0.468 e. The van der Waals surface area contributed by atoms with Gasteiger partial charge in [-0.2, -0.15) is 0 Å². The van der Waals surface area contributed by atoms with Gasteiger partial charge in [-0.25, -0.2) is 18.2 Å². The Bertz CT molecular complexity index is 689. The first-order valence-electron chi connectivity index (χ1n) is 8.48. The van der Waals surface area contributed by atoms with Crippen LogP contribution in [0, 0.1) is 11.7 Å². The molecule has 1 aliphatic rings. The van der Waals surface area contributed by atoms with Crippen LogP contribution in [0.2, 0.25) is 0 Å². The smallest absolute Gasteiger partial charge is 0.324 e. The molecule has 10 heteroatoms. The number of carbonyl (C=O) groups excluding carboxylic acids is 2. The van der Waals surface area contributed by atoms with Crippen LogP contribution in [0.4, 0.5) is 13.2 Å². The number of carbonyl (C=O) groups is 2. The molecule has 0 aliphatic carbocycles. The van der Waals surface area contributed by atoms with E-state index < -0.39 is 42.1 Å². The Hall–Kier alpha value is -2.17. The van der Waals surface area contributed by atoms with Crippen molar-refractivity contribution >= 4 is 11.9 Å². The number of hydrogen-bond acceptors (Lipinski definition) is 6. The second-order valence-corrected chi connectivity index (χ2v) is 6.20. The van der Waals surface area contributed by atoms with E-state index in [0.717, 1.165) is 19.2 Å². The molecule has 27 heavy (non-hydrogen) atoms. The Morgan fingerprint density at radius 1 is 1.41 bits per heavy atom. The number of alkyl halides is 2. The maximum absolute atomic E-state index is 14.1. The van der Waals surface area contributed by atoms with Crippen molar-refractivity contribution in [3.63, 3.8) is 0 Å². The Morgan fingerprint density at radius 2 is 2.11 bits per heavy atom. The van der Waals surface area contributed by atoms with Crippen LogP contribution in [0.5, 0.6) is 0 Å². The largest absolute Gasteiger partial charge is 0.468 e. The maximum atomic E-state index is 14.1. The fourth-order valence-electron chi connectivity index (χ4n) is 3.08. The molecular formula is C17H23F3N4O3. The van der Waals surface area contributed by atoms with Crippen LogP contribution in [0.1, 0.15) is 28.9 Å². The second-order valence-electron chi connectivity index (χ2n) is 6.20. The SMILES string of the molecule is CCN1NCC(C(F)F)C1c1cc(F)cc(C(=O)NC[C@@H](N)C(=O)OC)c1. The summed E-state index contributed by atoms with van der Waals surface area (Å²) in [6.45, 7) is 2.07. The number of ether oxygens (including phenoxy) is 1. The number of esters is 1. The minimum absolute atomic E-state index is 0.0435. The van der Waals surface area contributed by atoms with Crippen LogP contribution < -0.4 is 16.5 Å². The van der Waals surface area contributed by atoms with Gasteiger partial charge in [-0.15, -0.1) is 0 Å². The van der Waals surface area contributed by atoms with Gasteiger partial charge in [0.2, 0.25) is 6.43 Å². The number of hydrogen-bond donors (Lipinski definition) is 3. The van der Waals surface area contributed by atoms with E-state index in [4.69, 9.17) is 5.73 Å². The van der Waals surface area contributed by atoms with Gasteiger partial charge in [0.05, 0.1) is 19.1 Å². The lowest BCUT2D eigenvalue weighted by atomic mass is 9.93. The first-order valence-corrected chi connectivity index (χ1v) is 8.48. The zero-order valence-corrected chi connectivity index (χ0v) is 15.0. The van der Waals surface area contributed by atoms with E-state index in [1.54, 1.807) is 11.9 Å². The molecule has 3 atom stereocenters. The number of nitrogens with one attached hydrogen (secondary N) is 2. The van der Waals surface area contributed by atoms with Crippen molar-refractivity contribution in [1.82, 2.24) is 15.8 Å². The van der Waals surface area contributed by atoms with Gasteiger partial charge in [0.1, 0.15) is 11.9 Å². The van der Waals surface area contributed by atoms with Crippen molar-refractivity contribution in [2.24, 2.45) is 11.7 Å². The van der Waals surface area contributed by atoms with Gasteiger partial charge in [0.25, 0.3) is 5.91 Å². The summed E-state index contributed by atoms with van der Waals surface area (Å²) in [4.78, 5) is 23.6. The van der Waals surface area contributed by atoms with E-state index >= 15 is 0 Å². The average molecular weight is 388 g/mol. The first kappa shape index (κ1) is 21.1. The molecule has 4 N–H and O–H groups in total. The summed E-state index contributed by atoms with van der Waals surface area (Å²) in [6.07, 6.45) is -2.60. The van der Waals surface area contributed by atoms with Crippen molar-refractivity contribution in [1.29, 1.82) is 0 Å². The molecule has 1 aliphatic heterocycles. The molecule has 1 heterocycles. The van der Waals surface area contributed by atoms with Crippen molar-refractivity contribution < 1.29 is 27.5 Å². The lowest BCUT2D eigenvalue weighted by Gasteiger charge is -2.26. The van der Waals surface area contributed by atoms with Crippen LogP contribution in [0.25, 0.3) is 0 Å².